The van der Waals surface area contributed by atoms with Gasteiger partial charge >= 0.3 is 0 Å². The largest absolute Gasteiger partial charge is 0.144 e. The molecule has 0 aliphatic rings. The average Bonchev–Trinajstić information content (AvgIpc) is 2.77. The van der Waals surface area contributed by atoms with Crippen LogP contribution in [0.15, 0.2) is 29.6 Å². The molecule has 2 heterocycles. The lowest BCUT2D eigenvalue weighted by Gasteiger charge is -1.96. The maximum Gasteiger partial charge on any atom is 0.0352 e. The Hall–Kier alpha value is -0.860. The van der Waals surface area contributed by atoms with E-state index < -0.39 is 0 Å². The maximum atomic E-state index is 2.34. The van der Waals surface area contributed by atoms with Gasteiger partial charge in [0.15, 0.2) is 0 Å². The van der Waals surface area contributed by atoms with Gasteiger partial charge < -0.3 is 0 Å². The summed E-state index contributed by atoms with van der Waals surface area (Å²) in [5, 5.41) is 4.95. The number of benzene rings is 1. The minimum Gasteiger partial charge on any atom is -0.144 e. The van der Waals surface area contributed by atoms with Crippen LogP contribution in [0, 0.1) is 0 Å². The quantitative estimate of drug-likeness (QED) is 0.538. The van der Waals surface area contributed by atoms with E-state index >= 15 is 0 Å². The molecule has 3 aromatic rings. The molecule has 1 aromatic carbocycles. The van der Waals surface area contributed by atoms with E-state index in [9.17, 15) is 0 Å². The zero-order valence-electron chi connectivity index (χ0n) is 8.78. The third-order valence-electron chi connectivity index (χ3n) is 2.68. The fraction of sp³-hybridized carbons (Fsp3) is 0.231. The monoisotopic (exact) mass is 232 g/mol. The lowest BCUT2D eigenvalue weighted by Crippen LogP contribution is -1.77. The predicted octanol–water partition coefficient (Wildman–Crippen LogP) is 5.24. The summed E-state index contributed by atoms with van der Waals surface area (Å²) in [5.41, 5.74) is 0. The van der Waals surface area contributed by atoms with E-state index in [1.165, 1.54) is 25.0 Å². The van der Waals surface area contributed by atoms with Crippen molar-refractivity contribution < 1.29 is 0 Å². The van der Waals surface area contributed by atoms with Crippen LogP contribution in [-0.2, 0) is 0 Å². The fourth-order valence-corrected chi connectivity index (χ4v) is 3.72. The summed E-state index contributed by atoms with van der Waals surface area (Å²) in [6.45, 7) is 4.51. The Labute approximate surface area is 97.2 Å². The van der Waals surface area contributed by atoms with Gasteiger partial charge in [-0.15, -0.1) is 22.7 Å². The van der Waals surface area contributed by atoms with Gasteiger partial charge in [-0.1, -0.05) is 13.8 Å². The lowest BCUT2D eigenvalue weighted by atomic mass is 10.1. The molecule has 0 nitrogen and oxygen atoms in total. The van der Waals surface area contributed by atoms with Gasteiger partial charge in [0.25, 0.3) is 0 Å². The zero-order chi connectivity index (χ0) is 10.4. The summed E-state index contributed by atoms with van der Waals surface area (Å²) in [6, 6.07) is 9.17. The summed E-state index contributed by atoms with van der Waals surface area (Å²) in [4.78, 5) is 1.49. The standard InChI is InChI=1S/C13H12S2/c1-8(2)11-6-10-7-12-9(3-4-14-12)5-13(10)15-11/h3-8H,1-2H3. The first kappa shape index (κ1) is 9.37. The highest BCUT2D eigenvalue weighted by Gasteiger charge is 2.06. The highest BCUT2D eigenvalue weighted by molar-refractivity contribution is 7.20. The number of hydrogen-bond acceptors (Lipinski definition) is 2. The minimum atomic E-state index is 0.639. The molecule has 0 unspecified atom stereocenters. The minimum absolute atomic E-state index is 0.639. The van der Waals surface area contributed by atoms with Crippen LogP contribution in [0.1, 0.15) is 24.6 Å². The van der Waals surface area contributed by atoms with E-state index in [0.29, 0.717) is 5.92 Å². The van der Waals surface area contributed by atoms with E-state index in [1.807, 2.05) is 22.7 Å². The second-order valence-electron chi connectivity index (χ2n) is 4.15. The smallest absolute Gasteiger partial charge is 0.0352 e. The lowest BCUT2D eigenvalue weighted by molar-refractivity contribution is 0.890. The zero-order valence-corrected chi connectivity index (χ0v) is 10.4. The molecule has 0 amide bonds. The number of rotatable bonds is 1. The third kappa shape index (κ3) is 1.48. The van der Waals surface area contributed by atoms with E-state index in [4.69, 9.17) is 0 Å². The highest BCUT2D eigenvalue weighted by Crippen LogP contribution is 2.34. The van der Waals surface area contributed by atoms with Crippen LogP contribution in [0.2, 0.25) is 0 Å². The Balaban J connectivity index is 2.34. The molecular formula is C13H12S2. The first-order valence-corrected chi connectivity index (χ1v) is 6.84. The van der Waals surface area contributed by atoms with Crippen molar-refractivity contribution in [3.8, 4) is 0 Å². The molecule has 0 saturated carbocycles. The summed E-state index contributed by atoms with van der Waals surface area (Å²) in [7, 11) is 0. The van der Waals surface area contributed by atoms with Gasteiger partial charge in [0.2, 0.25) is 0 Å². The SMILES string of the molecule is CC(C)c1cc2cc3sccc3cc2s1. The van der Waals surface area contributed by atoms with E-state index in [0.717, 1.165) is 0 Å². The molecule has 0 saturated heterocycles. The Morgan fingerprint density at radius 2 is 1.80 bits per heavy atom. The summed E-state index contributed by atoms with van der Waals surface area (Å²) < 4.78 is 2.82. The van der Waals surface area contributed by atoms with Gasteiger partial charge in [0, 0.05) is 14.3 Å². The summed E-state index contributed by atoms with van der Waals surface area (Å²) in [5.74, 6) is 0.639. The molecule has 0 radical (unpaired) electrons. The highest BCUT2D eigenvalue weighted by atomic mass is 32.1. The van der Waals surface area contributed by atoms with E-state index in [2.05, 4.69) is 43.5 Å². The summed E-state index contributed by atoms with van der Waals surface area (Å²) >= 11 is 3.75. The molecule has 0 aliphatic heterocycles. The van der Waals surface area contributed by atoms with Gasteiger partial charge in [-0.2, -0.15) is 0 Å². The van der Waals surface area contributed by atoms with Crippen molar-refractivity contribution in [2.45, 2.75) is 19.8 Å². The van der Waals surface area contributed by atoms with Gasteiger partial charge in [-0.05, 0) is 46.3 Å². The van der Waals surface area contributed by atoms with Crippen molar-refractivity contribution in [3.63, 3.8) is 0 Å². The van der Waals surface area contributed by atoms with E-state index in [1.54, 1.807) is 0 Å². The van der Waals surface area contributed by atoms with Crippen molar-refractivity contribution in [1.82, 2.24) is 0 Å². The maximum absolute atomic E-state index is 2.34. The molecule has 76 valence electrons. The molecular weight excluding hydrogens is 220 g/mol. The van der Waals surface area contributed by atoms with Crippen LogP contribution in [0.3, 0.4) is 0 Å². The number of hydrogen-bond donors (Lipinski definition) is 0. The Kier molecular flexibility index (Phi) is 2.08. The van der Waals surface area contributed by atoms with Crippen LogP contribution < -0.4 is 0 Å². The van der Waals surface area contributed by atoms with Crippen molar-refractivity contribution in [2.24, 2.45) is 0 Å². The average molecular weight is 232 g/mol. The Morgan fingerprint density at radius 1 is 1.00 bits per heavy atom. The number of thiophene rings is 2. The van der Waals surface area contributed by atoms with Crippen molar-refractivity contribution >= 4 is 42.8 Å². The Morgan fingerprint density at radius 3 is 2.60 bits per heavy atom. The second kappa shape index (κ2) is 3.32. The van der Waals surface area contributed by atoms with Crippen molar-refractivity contribution in [1.29, 1.82) is 0 Å². The molecule has 15 heavy (non-hydrogen) atoms. The van der Waals surface area contributed by atoms with Crippen LogP contribution >= 0.6 is 22.7 Å². The van der Waals surface area contributed by atoms with Crippen LogP contribution in [0.4, 0.5) is 0 Å². The van der Waals surface area contributed by atoms with E-state index in [-0.39, 0.29) is 0 Å². The van der Waals surface area contributed by atoms with Gasteiger partial charge in [-0.3, -0.25) is 0 Å². The molecule has 0 bridgehead atoms. The fourth-order valence-electron chi connectivity index (χ4n) is 1.80. The first-order valence-electron chi connectivity index (χ1n) is 5.15. The van der Waals surface area contributed by atoms with Gasteiger partial charge in [0.1, 0.15) is 0 Å². The van der Waals surface area contributed by atoms with Crippen LogP contribution in [-0.4, -0.2) is 0 Å². The topological polar surface area (TPSA) is 0 Å². The van der Waals surface area contributed by atoms with Crippen LogP contribution in [0.25, 0.3) is 20.2 Å². The van der Waals surface area contributed by atoms with Gasteiger partial charge in [0.05, 0.1) is 0 Å². The Bertz CT molecular complexity index is 566. The van der Waals surface area contributed by atoms with Crippen molar-refractivity contribution in [3.05, 3.63) is 34.5 Å². The normalized spacial score (nSPS) is 11.9. The van der Waals surface area contributed by atoms with Gasteiger partial charge in [-0.25, -0.2) is 0 Å². The molecule has 2 aromatic heterocycles. The molecule has 3 rings (SSSR count). The molecule has 0 spiro atoms. The third-order valence-corrected chi connectivity index (χ3v) is 4.96. The summed E-state index contributed by atoms with van der Waals surface area (Å²) in [6.07, 6.45) is 0. The number of fused-ring (bicyclic) bond motifs is 2. The predicted molar refractivity (Wildman–Crippen MR) is 71.3 cm³/mol. The molecule has 2 heteroatoms. The molecule has 0 fully saturated rings. The molecule has 0 atom stereocenters. The molecule has 0 N–H and O–H groups in total. The van der Waals surface area contributed by atoms with Crippen LogP contribution in [0.5, 0.6) is 0 Å². The molecule has 0 aliphatic carbocycles. The van der Waals surface area contributed by atoms with Crippen molar-refractivity contribution in [2.75, 3.05) is 0 Å². The first-order chi connectivity index (χ1) is 7.24. The second-order valence-corrected chi connectivity index (χ2v) is 6.21.